The van der Waals surface area contributed by atoms with Crippen molar-refractivity contribution >= 4 is 50.6 Å². The number of nitrogen functional groups attached to an aromatic ring is 1. The van der Waals surface area contributed by atoms with Crippen LogP contribution in [0.15, 0.2) is 12.3 Å². The molecule has 0 atom stereocenters. The average molecular weight is 325 g/mol. The summed E-state index contributed by atoms with van der Waals surface area (Å²) in [5.74, 6) is 0.859. The Labute approximate surface area is 129 Å². The Kier molecular flexibility index (Phi) is 3.28. The Morgan fingerprint density at radius 3 is 2.65 bits per heavy atom. The van der Waals surface area contributed by atoms with Crippen LogP contribution in [0, 0.1) is 13.8 Å². The number of aromatic nitrogens is 3. The molecule has 0 spiro atoms. The molecule has 0 unspecified atom stereocenters. The molecular weight excluding hydrogens is 315 g/mol. The third-order valence-corrected chi connectivity index (χ3v) is 4.67. The molecule has 20 heavy (non-hydrogen) atoms. The molecule has 0 saturated carbocycles. The van der Waals surface area contributed by atoms with Gasteiger partial charge in [-0.3, -0.25) is 0 Å². The van der Waals surface area contributed by atoms with Crippen LogP contribution < -0.4 is 5.73 Å². The number of pyridine rings is 1. The van der Waals surface area contributed by atoms with Gasteiger partial charge in [-0.25, -0.2) is 15.0 Å². The van der Waals surface area contributed by atoms with E-state index < -0.39 is 0 Å². The maximum Gasteiger partial charge on any atom is 0.183 e. The van der Waals surface area contributed by atoms with Crippen molar-refractivity contribution in [3.63, 3.8) is 0 Å². The first-order chi connectivity index (χ1) is 9.47. The highest BCUT2D eigenvalue weighted by atomic mass is 35.5. The van der Waals surface area contributed by atoms with Gasteiger partial charge in [0.05, 0.1) is 15.4 Å². The first-order valence-corrected chi connectivity index (χ1v) is 7.39. The highest BCUT2D eigenvalue weighted by Crippen LogP contribution is 2.34. The van der Waals surface area contributed by atoms with Crippen LogP contribution in [0.3, 0.4) is 0 Å². The summed E-state index contributed by atoms with van der Waals surface area (Å²) in [6, 6.07) is 1.61. The maximum absolute atomic E-state index is 6.14. The molecule has 3 aromatic rings. The minimum absolute atomic E-state index is 0.404. The fourth-order valence-corrected chi connectivity index (χ4v) is 3.47. The molecule has 0 bridgehead atoms. The standard InChI is InChI=1S/C13H10Cl2N4S/c1-5-6(2)20-13-9(5)11(16)18-12(19-13)10-8(15)3-7(14)4-17-10/h3-4H,1-2H3,(H2,16,18,19). The predicted octanol–water partition coefficient (Wildman–Crippen LogP) is 4.26. The quantitative estimate of drug-likeness (QED) is 0.726. The van der Waals surface area contributed by atoms with Crippen molar-refractivity contribution in [3.8, 4) is 11.5 Å². The Morgan fingerprint density at radius 1 is 1.20 bits per heavy atom. The molecule has 4 nitrogen and oxygen atoms in total. The van der Waals surface area contributed by atoms with Crippen LogP contribution in [-0.2, 0) is 0 Å². The predicted molar refractivity (Wildman–Crippen MR) is 84.6 cm³/mol. The molecule has 0 aliphatic carbocycles. The van der Waals surface area contributed by atoms with E-state index in [1.807, 2.05) is 13.8 Å². The molecule has 0 aliphatic heterocycles. The second-order valence-electron chi connectivity index (χ2n) is 4.38. The van der Waals surface area contributed by atoms with Gasteiger partial charge >= 0.3 is 0 Å². The van der Waals surface area contributed by atoms with Crippen LogP contribution in [0.5, 0.6) is 0 Å². The molecule has 102 valence electrons. The molecule has 7 heteroatoms. The summed E-state index contributed by atoms with van der Waals surface area (Å²) in [5, 5.41) is 1.78. The second kappa shape index (κ2) is 4.84. The van der Waals surface area contributed by atoms with Gasteiger partial charge in [-0.2, -0.15) is 0 Å². The summed E-state index contributed by atoms with van der Waals surface area (Å²) >= 11 is 13.6. The van der Waals surface area contributed by atoms with Crippen LogP contribution in [0.1, 0.15) is 10.4 Å². The van der Waals surface area contributed by atoms with Crippen molar-refractivity contribution in [3.05, 3.63) is 32.7 Å². The van der Waals surface area contributed by atoms with Crippen molar-refractivity contribution in [1.29, 1.82) is 0 Å². The van der Waals surface area contributed by atoms with E-state index in [1.165, 1.54) is 11.1 Å². The Morgan fingerprint density at radius 2 is 1.95 bits per heavy atom. The van der Waals surface area contributed by atoms with Gasteiger partial charge in [0, 0.05) is 11.1 Å². The highest BCUT2D eigenvalue weighted by molar-refractivity contribution is 7.18. The van der Waals surface area contributed by atoms with Gasteiger partial charge in [0.25, 0.3) is 0 Å². The van der Waals surface area contributed by atoms with Gasteiger partial charge in [0.15, 0.2) is 5.82 Å². The average Bonchev–Trinajstić information content (AvgIpc) is 2.65. The lowest BCUT2D eigenvalue weighted by Crippen LogP contribution is -1.98. The fraction of sp³-hybridized carbons (Fsp3) is 0.154. The molecule has 3 heterocycles. The van der Waals surface area contributed by atoms with Crippen molar-refractivity contribution in [1.82, 2.24) is 15.0 Å². The largest absolute Gasteiger partial charge is 0.383 e. The van der Waals surface area contributed by atoms with Crippen molar-refractivity contribution in [2.45, 2.75) is 13.8 Å². The van der Waals surface area contributed by atoms with E-state index in [4.69, 9.17) is 28.9 Å². The summed E-state index contributed by atoms with van der Waals surface area (Å²) in [4.78, 5) is 15.0. The van der Waals surface area contributed by atoms with Gasteiger partial charge < -0.3 is 5.73 Å². The van der Waals surface area contributed by atoms with Crippen LogP contribution in [0.4, 0.5) is 5.82 Å². The van der Waals surface area contributed by atoms with Gasteiger partial charge in [0.2, 0.25) is 0 Å². The lowest BCUT2D eigenvalue weighted by Gasteiger charge is -2.04. The van der Waals surface area contributed by atoms with E-state index in [9.17, 15) is 0 Å². The zero-order valence-corrected chi connectivity index (χ0v) is 13.1. The molecule has 2 N–H and O–H groups in total. The molecule has 0 amide bonds. The number of anilines is 1. The number of halogens is 2. The van der Waals surface area contributed by atoms with Gasteiger partial charge in [-0.1, -0.05) is 23.2 Å². The number of thiophene rings is 1. The monoisotopic (exact) mass is 324 g/mol. The Balaban J connectivity index is 2.27. The Bertz CT molecular complexity index is 829. The van der Waals surface area contributed by atoms with Crippen LogP contribution >= 0.6 is 34.5 Å². The normalized spacial score (nSPS) is 11.2. The second-order valence-corrected chi connectivity index (χ2v) is 6.43. The molecule has 0 aromatic carbocycles. The number of nitrogens with zero attached hydrogens (tertiary/aromatic N) is 3. The molecule has 0 aliphatic rings. The van der Waals surface area contributed by atoms with Gasteiger partial charge in [-0.15, -0.1) is 11.3 Å². The van der Waals surface area contributed by atoms with Crippen LogP contribution in [0.25, 0.3) is 21.7 Å². The topological polar surface area (TPSA) is 64.7 Å². The van der Waals surface area contributed by atoms with Gasteiger partial charge in [-0.05, 0) is 25.5 Å². The Hall–Kier alpha value is -1.43. The zero-order chi connectivity index (χ0) is 14.4. The maximum atomic E-state index is 6.14. The number of nitrogens with two attached hydrogens (primary N) is 1. The summed E-state index contributed by atoms with van der Waals surface area (Å²) in [7, 11) is 0. The molecule has 0 saturated heterocycles. The highest BCUT2D eigenvalue weighted by Gasteiger charge is 2.16. The molecule has 0 radical (unpaired) electrons. The van der Waals surface area contributed by atoms with E-state index in [0.29, 0.717) is 27.4 Å². The number of hydrogen-bond donors (Lipinski definition) is 1. The summed E-state index contributed by atoms with van der Waals surface area (Å²) in [5.41, 5.74) is 7.64. The molecule has 3 aromatic heterocycles. The van der Waals surface area contributed by atoms with E-state index in [1.54, 1.807) is 17.4 Å². The van der Waals surface area contributed by atoms with Crippen LogP contribution in [0.2, 0.25) is 10.0 Å². The van der Waals surface area contributed by atoms with E-state index >= 15 is 0 Å². The van der Waals surface area contributed by atoms with Crippen molar-refractivity contribution in [2.75, 3.05) is 5.73 Å². The fourth-order valence-electron chi connectivity index (χ4n) is 1.97. The van der Waals surface area contributed by atoms with Gasteiger partial charge in [0.1, 0.15) is 16.3 Å². The summed E-state index contributed by atoms with van der Waals surface area (Å²) < 4.78 is 0. The number of fused-ring (bicyclic) bond motifs is 1. The molecular formula is C13H10Cl2N4S. The summed E-state index contributed by atoms with van der Waals surface area (Å²) in [6.45, 7) is 4.05. The zero-order valence-electron chi connectivity index (χ0n) is 10.7. The van der Waals surface area contributed by atoms with Crippen molar-refractivity contribution in [2.24, 2.45) is 0 Å². The third-order valence-electron chi connectivity index (χ3n) is 3.08. The van der Waals surface area contributed by atoms with Crippen molar-refractivity contribution < 1.29 is 0 Å². The number of hydrogen-bond acceptors (Lipinski definition) is 5. The van der Waals surface area contributed by atoms with E-state index in [-0.39, 0.29) is 0 Å². The lowest BCUT2D eigenvalue weighted by molar-refractivity contribution is 1.19. The number of aryl methyl sites for hydroxylation is 2. The smallest absolute Gasteiger partial charge is 0.183 e. The van der Waals surface area contributed by atoms with E-state index in [2.05, 4.69) is 15.0 Å². The van der Waals surface area contributed by atoms with Crippen LogP contribution in [-0.4, -0.2) is 15.0 Å². The van der Waals surface area contributed by atoms with E-state index in [0.717, 1.165) is 15.8 Å². The third kappa shape index (κ3) is 2.12. The lowest BCUT2D eigenvalue weighted by atomic mass is 10.2. The minimum Gasteiger partial charge on any atom is -0.383 e. The first-order valence-electron chi connectivity index (χ1n) is 5.82. The molecule has 0 fully saturated rings. The number of rotatable bonds is 1. The first kappa shape index (κ1) is 13.5. The molecule has 3 rings (SSSR count). The SMILES string of the molecule is Cc1sc2nc(-c3ncc(Cl)cc3Cl)nc(N)c2c1C. The summed E-state index contributed by atoms with van der Waals surface area (Å²) in [6.07, 6.45) is 1.51. The minimum atomic E-state index is 0.404.